The molecular formula is C19H25N5O3S. The summed E-state index contributed by atoms with van der Waals surface area (Å²) in [5.41, 5.74) is 1.19. The summed E-state index contributed by atoms with van der Waals surface area (Å²) in [5, 5.41) is 0.106. The summed E-state index contributed by atoms with van der Waals surface area (Å²) in [4.78, 5) is 23.6. The van der Waals surface area contributed by atoms with Gasteiger partial charge in [-0.2, -0.15) is 4.31 Å². The van der Waals surface area contributed by atoms with E-state index in [1.54, 1.807) is 0 Å². The lowest BCUT2D eigenvalue weighted by atomic mass is 9.96. The highest BCUT2D eigenvalue weighted by Gasteiger charge is 2.35. The van der Waals surface area contributed by atoms with Gasteiger partial charge in [0.15, 0.2) is 5.03 Å². The lowest BCUT2D eigenvalue weighted by Gasteiger charge is -2.39. The number of benzene rings is 1. The van der Waals surface area contributed by atoms with E-state index in [1.165, 1.54) is 22.5 Å². The number of sulfonamides is 1. The largest absolute Gasteiger partial charge is 0.368 e. The molecule has 1 aromatic carbocycles. The second kappa shape index (κ2) is 7.92. The standard InChI is InChI=1S/C19H25N5O3S/c25-19(23-12-10-22(11-13-23)17-4-2-1-3-5-17)16-6-8-24(9-7-16)28(26,27)18-14-20-15-21-18/h1-5,14-16H,6-13H2,(H,20,21). The summed E-state index contributed by atoms with van der Waals surface area (Å²) >= 11 is 0. The fourth-order valence-electron chi connectivity index (χ4n) is 3.95. The quantitative estimate of drug-likeness (QED) is 0.827. The highest BCUT2D eigenvalue weighted by atomic mass is 32.2. The first-order valence-electron chi connectivity index (χ1n) is 9.63. The molecule has 150 valence electrons. The number of rotatable bonds is 4. The molecule has 0 aliphatic carbocycles. The third kappa shape index (κ3) is 3.77. The maximum Gasteiger partial charge on any atom is 0.260 e. The maximum absolute atomic E-state index is 12.9. The molecule has 2 aliphatic rings. The first-order chi connectivity index (χ1) is 13.6. The maximum atomic E-state index is 12.9. The molecule has 1 amide bonds. The van der Waals surface area contributed by atoms with Crippen molar-refractivity contribution in [3.05, 3.63) is 42.9 Å². The topological polar surface area (TPSA) is 89.6 Å². The third-order valence-corrected chi connectivity index (χ3v) is 7.43. The van der Waals surface area contributed by atoms with Gasteiger partial charge < -0.3 is 14.8 Å². The van der Waals surface area contributed by atoms with E-state index in [0.717, 1.165) is 13.1 Å². The molecular weight excluding hydrogens is 378 g/mol. The van der Waals surface area contributed by atoms with Crippen molar-refractivity contribution in [1.82, 2.24) is 19.2 Å². The minimum absolute atomic E-state index is 0.100. The van der Waals surface area contributed by atoms with Crippen molar-refractivity contribution in [2.75, 3.05) is 44.2 Å². The molecule has 1 N–H and O–H groups in total. The van der Waals surface area contributed by atoms with E-state index in [1.807, 2.05) is 23.1 Å². The molecule has 28 heavy (non-hydrogen) atoms. The molecule has 1 aromatic heterocycles. The SMILES string of the molecule is O=C(C1CCN(S(=O)(=O)c2cnc[nH]2)CC1)N1CCN(c2ccccc2)CC1. The minimum Gasteiger partial charge on any atom is -0.368 e. The average molecular weight is 404 g/mol. The fourth-order valence-corrected chi connectivity index (χ4v) is 5.31. The Bertz CT molecular complexity index is 885. The van der Waals surface area contributed by atoms with E-state index in [4.69, 9.17) is 0 Å². The van der Waals surface area contributed by atoms with Gasteiger partial charge in [-0.3, -0.25) is 4.79 Å². The zero-order valence-corrected chi connectivity index (χ0v) is 16.5. The van der Waals surface area contributed by atoms with E-state index in [2.05, 4.69) is 27.0 Å². The second-order valence-corrected chi connectivity index (χ2v) is 9.15. The third-order valence-electron chi connectivity index (χ3n) is 5.61. The average Bonchev–Trinajstić information content (AvgIpc) is 3.30. The monoisotopic (exact) mass is 403 g/mol. The lowest BCUT2D eigenvalue weighted by molar-refractivity contribution is -0.137. The summed E-state index contributed by atoms with van der Waals surface area (Å²) in [6.07, 6.45) is 3.80. The molecule has 0 spiro atoms. The minimum atomic E-state index is -3.55. The van der Waals surface area contributed by atoms with E-state index >= 15 is 0 Å². The van der Waals surface area contributed by atoms with Crippen LogP contribution in [-0.4, -0.2) is 72.8 Å². The Morgan fingerprint density at radius 2 is 1.68 bits per heavy atom. The van der Waals surface area contributed by atoms with Gasteiger partial charge in [-0.1, -0.05) is 18.2 Å². The Morgan fingerprint density at radius 3 is 2.29 bits per heavy atom. The van der Waals surface area contributed by atoms with Crippen molar-refractivity contribution >= 4 is 21.6 Å². The van der Waals surface area contributed by atoms with Gasteiger partial charge in [0, 0.05) is 50.9 Å². The van der Waals surface area contributed by atoms with Crippen LogP contribution in [0, 0.1) is 5.92 Å². The van der Waals surface area contributed by atoms with E-state index in [-0.39, 0.29) is 16.9 Å². The number of aromatic nitrogens is 2. The summed E-state index contributed by atoms with van der Waals surface area (Å²) in [7, 11) is -3.55. The van der Waals surface area contributed by atoms with Gasteiger partial charge in [-0.15, -0.1) is 0 Å². The number of amides is 1. The van der Waals surface area contributed by atoms with Crippen LogP contribution in [0.3, 0.4) is 0 Å². The van der Waals surface area contributed by atoms with Gasteiger partial charge in [0.05, 0.1) is 12.5 Å². The predicted octanol–water partition coefficient (Wildman–Crippen LogP) is 1.16. The van der Waals surface area contributed by atoms with Crippen LogP contribution in [0.1, 0.15) is 12.8 Å². The first-order valence-corrected chi connectivity index (χ1v) is 11.1. The van der Waals surface area contributed by atoms with Gasteiger partial charge in [-0.25, -0.2) is 13.4 Å². The number of hydrogen-bond donors (Lipinski definition) is 1. The molecule has 8 nitrogen and oxygen atoms in total. The van der Waals surface area contributed by atoms with Crippen molar-refractivity contribution in [3.63, 3.8) is 0 Å². The molecule has 0 bridgehead atoms. The molecule has 0 saturated carbocycles. The zero-order valence-electron chi connectivity index (χ0n) is 15.7. The Balaban J connectivity index is 1.30. The van der Waals surface area contributed by atoms with Crippen molar-refractivity contribution in [1.29, 1.82) is 0 Å². The Kier molecular flexibility index (Phi) is 5.36. The number of carbonyl (C=O) groups is 1. The van der Waals surface area contributed by atoms with Gasteiger partial charge >= 0.3 is 0 Å². The fraction of sp³-hybridized carbons (Fsp3) is 0.474. The number of piperazine rings is 1. The van der Waals surface area contributed by atoms with E-state index < -0.39 is 10.0 Å². The van der Waals surface area contributed by atoms with Crippen molar-refractivity contribution in [2.24, 2.45) is 5.92 Å². The molecule has 4 rings (SSSR count). The van der Waals surface area contributed by atoms with Crippen molar-refractivity contribution in [2.45, 2.75) is 17.9 Å². The molecule has 2 fully saturated rings. The Morgan fingerprint density at radius 1 is 1.00 bits per heavy atom. The molecule has 2 aromatic rings. The molecule has 9 heteroatoms. The van der Waals surface area contributed by atoms with Crippen LogP contribution < -0.4 is 4.90 Å². The lowest BCUT2D eigenvalue weighted by Crippen LogP contribution is -2.52. The van der Waals surface area contributed by atoms with Crippen LogP contribution in [0.2, 0.25) is 0 Å². The van der Waals surface area contributed by atoms with Gasteiger partial charge in [-0.05, 0) is 25.0 Å². The predicted molar refractivity (Wildman–Crippen MR) is 105 cm³/mol. The Labute approximate surface area is 165 Å². The van der Waals surface area contributed by atoms with Crippen LogP contribution in [0.15, 0.2) is 47.9 Å². The number of nitrogens with one attached hydrogen (secondary N) is 1. The molecule has 0 atom stereocenters. The summed E-state index contributed by atoms with van der Waals surface area (Å²) in [6.45, 7) is 3.79. The van der Waals surface area contributed by atoms with Gasteiger partial charge in [0.25, 0.3) is 10.0 Å². The summed E-state index contributed by atoms with van der Waals surface area (Å²) in [5.74, 6) is 0.0581. The van der Waals surface area contributed by atoms with E-state index in [9.17, 15) is 13.2 Å². The number of piperidine rings is 1. The van der Waals surface area contributed by atoms with Gasteiger partial charge in [0.1, 0.15) is 0 Å². The zero-order chi connectivity index (χ0) is 19.6. The number of para-hydroxylation sites is 1. The summed E-state index contributed by atoms with van der Waals surface area (Å²) < 4.78 is 26.5. The number of carbonyl (C=O) groups excluding carboxylic acids is 1. The van der Waals surface area contributed by atoms with Crippen LogP contribution in [0.25, 0.3) is 0 Å². The van der Waals surface area contributed by atoms with Gasteiger partial charge in [0.2, 0.25) is 5.91 Å². The number of hydrogen-bond acceptors (Lipinski definition) is 5. The van der Waals surface area contributed by atoms with Crippen molar-refractivity contribution < 1.29 is 13.2 Å². The normalized spacial score (nSPS) is 19.7. The highest BCUT2D eigenvalue weighted by Crippen LogP contribution is 2.25. The number of H-pyrrole nitrogens is 1. The number of imidazole rings is 1. The van der Waals surface area contributed by atoms with Crippen LogP contribution in [0.5, 0.6) is 0 Å². The first kappa shape index (κ1) is 18.9. The van der Waals surface area contributed by atoms with E-state index in [0.29, 0.717) is 39.0 Å². The number of aromatic amines is 1. The number of nitrogens with zero attached hydrogens (tertiary/aromatic N) is 4. The summed E-state index contributed by atoms with van der Waals surface area (Å²) in [6, 6.07) is 10.2. The smallest absolute Gasteiger partial charge is 0.260 e. The number of anilines is 1. The van der Waals surface area contributed by atoms with Crippen LogP contribution in [0.4, 0.5) is 5.69 Å². The molecule has 2 aliphatic heterocycles. The molecule has 0 radical (unpaired) electrons. The second-order valence-electron chi connectivity index (χ2n) is 7.24. The molecule has 2 saturated heterocycles. The van der Waals surface area contributed by atoms with Crippen LogP contribution >= 0.6 is 0 Å². The molecule has 0 unspecified atom stereocenters. The molecule has 3 heterocycles. The highest BCUT2D eigenvalue weighted by molar-refractivity contribution is 7.89. The van der Waals surface area contributed by atoms with Crippen molar-refractivity contribution in [3.8, 4) is 0 Å². The van der Waals surface area contributed by atoms with Crippen LogP contribution in [-0.2, 0) is 14.8 Å². The Hall–Kier alpha value is -2.39.